The third-order valence-corrected chi connectivity index (χ3v) is 13.2. The Morgan fingerprint density at radius 3 is 2.43 bits per heavy atom. The number of carbonyl (C=O) groups excluding carboxylic acids is 1. The maximum Gasteiger partial charge on any atom is 0.254 e. The van der Waals surface area contributed by atoms with Crippen LogP contribution in [0.4, 0.5) is 0 Å². The number of aliphatic hydroxyl groups excluding tert-OH is 2. The van der Waals surface area contributed by atoms with Crippen LogP contribution < -0.4 is 9.47 Å². The number of likely N-dealkylation sites (N-methyl/N-ethyl adjacent to an activating group) is 1. The highest BCUT2D eigenvalue weighted by Crippen LogP contribution is 2.62. The molecular weight excluding hydrogens is 785 g/mol. The fourth-order valence-corrected chi connectivity index (χ4v) is 10.3. The molecule has 4 aromatic carbocycles. The summed E-state index contributed by atoms with van der Waals surface area (Å²) in [7, 11) is 1.84. The van der Waals surface area contributed by atoms with Crippen LogP contribution in [-0.4, -0.2) is 83.4 Å². The van der Waals surface area contributed by atoms with E-state index in [0.717, 1.165) is 64.8 Å². The van der Waals surface area contributed by atoms with Crippen molar-refractivity contribution in [1.82, 2.24) is 4.90 Å². The third kappa shape index (κ3) is 10.0. The lowest BCUT2D eigenvalue weighted by molar-refractivity contribution is -0.252. The maximum absolute atomic E-state index is 14.8. The molecule has 0 bridgehead atoms. The van der Waals surface area contributed by atoms with Gasteiger partial charge in [-0.1, -0.05) is 78.7 Å². The van der Waals surface area contributed by atoms with Gasteiger partial charge >= 0.3 is 0 Å². The van der Waals surface area contributed by atoms with Gasteiger partial charge in [0, 0.05) is 54.4 Å². The summed E-state index contributed by atoms with van der Waals surface area (Å²) in [6.07, 6.45) is 9.26. The minimum Gasteiger partial charge on any atom is -0.493 e. The molecule has 10 heteroatoms. The van der Waals surface area contributed by atoms with E-state index < -0.39 is 23.3 Å². The number of nitrogens with zero attached hydrogens (tertiary/aromatic N) is 2. The van der Waals surface area contributed by atoms with Gasteiger partial charge in [-0.2, -0.15) is 0 Å². The lowest BCUT2D eigenvalue weighted by Gasteiger charge is -2.59. The lowest BCUT2D eigenvalue weighted by atomic mass is 9.55. The zero-order valence-electron chi connectivity index (χ0n) is 36.1. The smallest absolute Gasteiger partial charge is 0.254 e. The molecule has 7 rings (SSSR count). The van der Waals surface area contributed by atoms with Crippen LogP contribution in [0.25, 0.3) is 10.8 Å². The van der Waals surface area contributed by atoms with Crippen LogP contribution in [0.1, 0.15) is 87.6 Å². The minimum absolute atomic E-state index is 0.113. The van der Waals surface area contributed by atoms with Gasteiger partial charge in [0.15, 0.2) is 0 Å². The molecule has 6 unspecified atom stereocenters. The SMILES string of the molecule is C=CCOC12Oc3ccc(OCCSc4ccccc4)cc3C3C(CCCCO)C(CCCCO)C=C(C(=NOC(C)(C)C)CC1N(C)C(=O)c1ccc4ccccc4c1)C32. The van der Waals surface area contributed by atoms with Crippen LogP contribution in [0.5, 0.6) is 11.5 Å². The third-order valence-electron chi connectivity index (χ3n) is 12.2. The van der Waals surface area contributed by atoms with Crippen molar-refractivity contribution >= 4 is 34.2 Å². The molecule has 2 aliphatic carbocycles. The topological polar surface area (TPSA) is 110 Å². The van der Waals surface area contributed by atoms with Gasteiger partial charge in [0.1, 0.15) is 23.1 Å². The van der Waals surface area contributed by atoms with E-state index in [1.807, 2.05) is 101 Å². The number of carbonyl (C=O) groups is 1. The Morgan fingerprint density at radius 2 is 1.69 bits per heavy atom. The van der Waals surface area contributed by atoms with Crippen molar-refractivity contribution in [1.29, 1.82) is 0 Å². The monoisotopic (exact) mass is 846 g/mol. The number of unbranched alkanes of at least 4 members (excludes halogenated alkanes) is 2. The Labute approximate surface area is 365 Å². The Bertz CT molecular complexity index is 2180. The van der Waals surface area contributed by atoms with E-state index >= 15 is 0 Å². The minimum atomic E-state index is -1.33. The Morgan fingerprint density at radius 1 is 0.951 bits per heavy atom. The number of oxime groups is 1. The van der Waals surface area contributed by atoms with Crippen molar-refractivity contribution in [2.24, 2.45) is 22.9 Å². The molecule has 6 atom stereocenters. The lowest BCUT2D eigenvalue weighted by Crippen LogP contribution is -2.69. The molecule has 324 valence electrons. The molecule has 0 radical (unpaired) electrons. The molecule has 3 aliphatic rings. The van der Waals surface area contributed by atoms with Gasteiger partial charge in [-0.25, -0.2) is 0 Å². The fourth-order valence-electron chi connectivity index (χ4n) is 9.51. The molecule has 1 saturated carbocycles. The van der Waals surface area contributed by atoms with E-state index in [1.165, 1.54) is 4.90 Å². The van der Waals surface area contributed by atoms with E-state index in [-0.39, 0.29) is 43.5 Å². The summed E-state index contributed by atoms with van der Waals surface area (Å²) in [6.45, 7) is 11.0. The average molecular weight is 847 g/mol. The molecule has 1 aliphatic heterocycles. The highest BCUT2D eigenvalue weighted by atomic mass is 32.2. The summed E-state index contributed by atoms with van der Waals surface area (Å²) in [6, 6.07) is 29.7. The number of ether oxygens (including phenoxy) is 3. The van der Waals surface area contributed by atoms with E-state index in [9.17, 15) is 15.0 Å². The largest absolute Gasteiger partial charge is 0.493 e. The molecule has 61 heavy (non-hydrogen) atoms. The molecule has 4 aromatic rings. The molecule has 0 aromatic heterocycles. The molecule has 9 nitrogen and oxygen atoms in total. The number of aliphatic hydroxyl groups is 2. The van der Waals surface area contributed by atoms with Crippen LogP contribution in [-0.2, 0) is 9.57 Å². The van der Waals surface area contributed by atoms with Crippen LogP contribution in [0, 0.1) is 17.8 Å². The van der Waals surface area contributed by atoms with Crippen molar-refractivity contribution in [3.05, 3.63) is 126 Å². The number of rotatable bonds is 19. The Hall–Kier alpha value is -4.61. The summed E-state index contributed by atoms with van der Waals surface area (Å²) in [5.74, 6) is 0.469. The van der Waals surface area contributed by atoms with Crippen molar-refractivity contribution in [3.63, 3.8) is 0 Å². The number of fused-ring (bicyclic) bond motifs is 3. The molecule has 1 heterocycles. The first-order chi connectivity index (χ1) is 29.6. The van der Waals surface area contributed by atoms with Crippen LogP contribution >= 0.6 is 11.8 Å². The van der Waals surface area contributed by atoms with Gasteiger partial charge in [-0.3, -0.25) is 4.79 Å². The van der Waals surface area contributed by atoms with Gasteiger partial charge in [0.25, 0.3) is 5.91 Å². The van der Waals surface area contributed by atoms with Crippen molar-refractivity contribution < 1.29 is 34.1 Å². The van der Waals surface area contributed by atoms with Crippen molar-refractivity contribution in [2.45, 2.75) is 94.0 Å². The summed E-state index contributed by atoms with van der Waals surface area (Å²) in [5, 5.41) is 26.9. The highest BCUT2D eigenvalue weighted by Gasteiger charge is 2.65. The number of hydrogen-bond donors (Lipinski definition) is 2. The van der Waals surface area contributed by atoms with Crippen LogP contribution in [0.3, 0.4) is 0 Å². The molecule has 0 saturated heterocycles. The highest BCUT2D eigenvalue weighted by molar-refractivity contribution is 7.99. The van der Waals surface area contributed by atoms with Gasteiger partial charge in [-0.05, 0) is 117 Å². The predicted molar refractivity (Wildman–Crippen MR) is 244 cm³/mol. The van der Waals surface area contributed by atoms with Crippen LogP contribution in [0.2, 0.25) is 0 Å². The normalized spacial score (nSPS) is 23.7. The van der Waals surface area contributed by atoms with E-state index in [1.54, 1.807) is 22.7 Å². The molecule has 1 amide bonds. The summed E-state index contributed by atoms with van der Waals surface area (Å²) < 4.78 is 20.9. The number of thioether (sulfide) groups is 1. The first kappa shape index (κ1) is 44.4. The molecule has 0 spiro atoms. The predicted octanol–water partition coefficient (Wildman–Crippen LogP) is 10.2. The zero-order chi connectivity index (χ0) is 43.0. The Balaban J connectivity index is 1.37. The Kier molecular flexibility index (Phi) is 14.6. The van der Waals surface area contributed by atoms with Gasteiger partial charge in [-0.15, -0.1) is 18.3 Å². The van der Waals surface area contributed by atoms with Gasteiger partial charge in [0.05, 0.1) is 24.8 Å². The molecule has 1 fully saturated rings. The first-order valence-corrected chi connectivity index (χ1v) is 22.9. The molecule has 2 N–H and O–H groups in total. The first-order valence-electron chi connectivity index (χ1n) is 21.9. The van der Waals surface area contributed by atoms with E-state index in [2.05, 4.69) is 30.9 Å². The zero-order valence-corrected chi connectivity index (χ0v) is 36.9. The standard InChI is InChI=1S/C51H62N2O7S/c1-6-28-58-51-46(53(5)49(56)38-23-22-35-16-10-11-17-36(35)31-38)34-44(52-60-50(2,3)4)42-32-37(18-12-14-26-54)41(21-13-15-27-55)47(48(42)51)43-33-39(24-25-45(43)59-51)57-29-30-61-40-19-8-7-9-20-40/h6-11,16-17,19-20,22-25,31-33,37,41,46-48,54-55H,1,12-15,18,21,26-30,34H2,2-5H3. The second kappa shape index (κ2) is 20.1. The summed E-state index contributed by atoms with van der Waals surface area (Å²) in [4.78, 5) is 24.1. The second-order valence-electron chi connectivity index (χ2n) is 17.5. The van der Waals surface area contributed by atoms with Gasteiger partial charge in [0.2, 0.25) is 5.79 Å². The summed E-state index contributed by atoms with van der Waals surface area (Å²) in [5.41, 5.74) is 2.81. The van der Waals surface area contributed by atoms with E-state index in [4.69, 9.17) is 24.2 Å². The van der Waals surface area contributed by atoms with Gasteiger partial charge < -0.3 is 34.2 Å². The number of benzene rings is 4. The average Bonchev–Trinajstić information content (AvgIpc) is 3.27. The number of amides is 1. The quantitative estimate of drug-likeness (QED) is 0.0416. The molecular formula is C51H62N2O7S. The second-order valence-corrected chi connectivity index (χ2v) is 18.6. The maximum atomic E-state index is 14.8. The van der Waals surface area contributed by atoms with Crippen molar-refractivity contribution in [3.8, 4) is 11.5 Å². The number of allylic oxidation sites excluding steroid dienone is 1. The van der Waals surface area contributed by atoms with Crippen molar-refractivity contribution in [2.75, 3.05) is 39.2 Å². The number of hydrogen-bond acceptors (Lipinski definition) is 9. The fraction of sp³-hybridized carbons (Fsp3) is 0.451. The van der Waals surface area contributed by atoms with E-state index in [0.29, 0.717) is 37.2 Å². The van der Waals surface area contributed by atoms with Crippen LogP contribution in [0.15, 0.2) is 125 Å². The summed E-state index contributed by atoms with van der Waals surface area (Å²) >= 11 is 1.76.